The highest BCUT2D eigenvalue weighted by molar-refractivity contribution is 14.0. The topological polar surface area (TPSA) is 70.4 Å². The lowest BCUT2D eigenvalue weighted by atomic mass is 10.1. The second kappa shape index (κ2) is 11.1. The Bertz CT molecular complexity index is 979. The molecule has 0 amide bonds. The van der Waals surface area contributed by atoms with E-state index < -0.39 is 0 Å². The molecule has 1 aliphatic heterocycles. The number of aryl methyl sites for hydroxylation is 1. The Balaban J connectivity index is 0.00000272. The van der Waals surface area contributed by atoms with E-state index in [9.17, 15) is 0 Å². The molecule has 7 nitrogen and oxygen atoms in total. The first-order valence-corrected chi connectivity index (χ1v) is 10.5. The van der Waals surface area contributed by atoms with E-state index in [4.69, 9.17) is 0 Å². The van der Waals surface area contributed by atoms with E-state index in [0.717, 1.165) is 49.1 Å². The molecule has 8 heteroatoms. The van der Waals surface area contributed by atoms with Gasteiger partial charge in [-0.05, 0) is 55.7 Å². The third-order valence-electron chi connectivity index (χ3n) is 5.40. The highest BCUT2D eigenvalue weighted by Gasteiger charge is 2.21. The van der Waals surface area contributed by atoms with Gasteiger partial charge in [0.2, 0.25) is 0 Å². The van der Waals surface area contributed by atoms with Crippen molar-refractivity contribution >= 4 is 35.8 Å². The molecule has 1 aliphatic rings. The predicted molar refractivity (Wildman–Crippen MR) is 137 cm³/mol. The molecular formula is C23H30IN7. The van der Waals surface area contributed by atoms with Gasteiger partial charge in [-0.1, -0.05) is 18.2 Å². The summed E-state index contributed by atoms with van der Waals surface area (Å²) in [6.07, 6.45) is 5.86. The van der Waals surface area contributed by atoms with Gasteiger partial charge < -0.3 is 15.5 Å². The molecular weight excluding hydrogens is 501 g/mol. The van der Waals surface area contributed by atoms with Crippen molar-refractivity contribution in [2.45, 2.75) is 32.4 Å². The Kier molecular flexibility index (Phi) is 8.27. The number of halogens is 1. The number of rotatable bonds is 5. The summed E-state index contributed by atoms with van der Waals surface area (Å²) in [5.74, 6) is 1.92. The summed E-state index contributed by atoms with van der Waals surface area (Å²) in [4.78, 5) is 11.4. The smallest absolute Gasteiger partial charge is 0.191 e. The fraction of sp³-hybridized carbons (Fsp3) is 0.348. The summed E-state index contributed by atoms with van der Waals surface area (Å²) in [6, 6.07) is 16.9. The van der Waals surface area contributed by atoms with E-state index in [0.29, 0.717) is 12.6 Å². The minimum Gasteiger partial charge on any atom is -0.356 e. The zero-order valence-electron chi connectivity index (χ0n) is 18.0. The lowest BCUT2D eigenvalue weighted by molar-refractivity contribution is 0.459. The molecule has 4 rings (SSSR count). The maximum atomic E-state index is 4.65. The molecule has 0 saturated carbocycles. The summed E-state index contributed by atoms with van der Waals surface area (Å²) in [7, 11) is 1.82. The van der Waals surface area contributed by atoms with E-state index >= 15 is 0 Å². The molecule has 1 aromatic carbocycles. The number of guanidine groups is 1. The van der Waals surface area contributed by atoms with E-state index in [-0.39, 0.29) is 24.0 Å². The Labute approximate surface area is 201 Å². The van der Waals surface area contributed by atoms with Gasteiger partial charge in [-0.15, -0.1) is 24.0 Å². The summed E-state index contributed by atoms with van der Waals surface area (Å²) in [5.41, 5.74) is 3.31. The first kappa shape index (κ1) is 23.1. The Morgan fingerprint density at radius 2 is 1.94 bits per heavy atom. The number of aliphatic imine (C=N–C) groups is 1. The molecule has 1 fully saturated rings. The van der Waals surface area contributed by atoms with Crippen LogP contribution >= 0.6 is 24.0 Å². The predicted octanol–water partition coefficient (Wildman–Crippen LogP) is 3.53. The number of nitrogens with zero attached hydrogens (tertiary/aromatic N) is 5. The van der Waals surface area contributed by atoms with Crippen LogP contribution in [0.4, 0.5) is 5.82 Å². The molecule has 0 atom stereocenters. The van der Waals surface area contributed by atoms with Crippen LogP contribution in [-0.2, 0) is 6.54 Å². The Hall–Kier alpha value is -2.62. The van der Waals surface area contributed by atoms with E-state index in [1.54, 1.807) is 6.20 Å². The van der Waals surface area contributed by atoms with Gasteiger partial charge in [0.05, 0.1) is 5.69 Å². The zero-order chi connectivity index (χ0) is 20.8. The molecule has 164 valence electrons. The second-order valence-electron chi connectivity index (χ2n) is 7.59. The summed E-state index contributed by atoms with van der Waals surface area (Å²) in [6.45, 7) is 4.74. The van der Waals surface area contributed by atoms with E-state index in [1.165, 1.54) is 5.56 Å². The van der Waals surface area contributed by atoms with Gasteiger partial charge >= 0.3 is 0 Å². The van der Waals surface area contributed by atoms with Crippen molar-refractivity contribution in [1.82, 2.24) is 25.4 Å². The molecule has 0 aliphatic carbocycles. The minimum atomic E-state index is 0. The van der Waals surface area contributed by atoms with Gasteiger partial charge in [-0.25, -0.2) is 9.67 Å². The van der Waals surface area contributed by atoms with Crippen LogP contribution in [0, 0.1) is 6.92 Å². The number of aromatic nitrogens is 3. The van der Waals surface area contributed by atoms with Gasteiger partial charge in [-0.3, -0.25) is 4.99 Å². The average Bonchev–Trinajstić information content (AvgIpc) is 3.32. The second-order valence-corrected chi connectivity index (χ2v) is 7.59. The van der Waals surface area contributed by atoms with Crippen molar-refractivity contribution in [3.05, 3.63) is 72.2 Å². The highest BCUT2D eigenvalue weighted by Crippen LogP contribution is 2.18. The molecule has 0 unspecified atom stereocenters. The first-order chi connectivity index (χ1) is 14.7. The molecule has 31 heavy (non-hydrogen) atoms. The van der Waals surface area contributed by atoms with Gasteiger partial charge in [0.25, 0.3) is 0 Å². The van der Waals surface area contributed by atoms with Crippen LogP contribution in [0.25, 0.3) is 5.69 Å². The first-order valence-electron chi connectivity index (χ1n) is 10.5. The van der Waals surface area contributed by atoms with Gasteiger partial charge in [0, 0.05) is 50.8 Å². The summed E-state index contributed by atoms with van der Waals surface area (Å²) in [5, 5.41) is 11.3. The van der Waals surface area contributed by atoms with Crippen LogP contribution in [0.1, 0.15) is 24.1 Å². The molecule has 0 bridgehead atoms. The van der Waals surface area contributed by atoms with Crippen LogP contribution in [-0.4, -0.2) is 46.9 Å². The number of anilines is 1. The molecule has 0 radical (unpaired) electrons. The monoisotopic (exact) mass is 531 g/mol. The third kappa shape index (κ3) is 6.19. The number of piperidine rings is 1. The van der Waals surface area contributed by atoms with Crippen molar-refractivity contribution in [2.75, 3.05) is 25.0 Å². The van der Waals surface area contributed by atoms with Crippen molar-refractivity contribution in [1.29, 1.82) is 0 Å². The highest BCUT2D eigenvalue weighted by atomic mass is 127. The van der Waals surface area contributed by atoms with Crippen molar-refractivity contribution in [3.8, 4) is 5.69 Å². The molecule has 3 heterocycles. The number of nitrogens with one attached hydrogen (secondary N) is 2. The Morgan fingerprint density at radius 1 is 1.13 bits per heavy atom. The number of pyridine rings is 1. The van der Waals surface area contributed by atoms with Crippen molar-refractivity contribution in [2.24, 2.45) is 4.99 Å². The normalized spacial score (nSPS) is 14.8. The third-order valence-corrected chi connectivity index (χ3v) is 5.40. The number of hydrogen-bond acceptors (Lipinski definition) is 4. The summed E-state index contributed by atoms with van der Waals surface area (Å²) >= 11 is 0. The molecule has 0 spiro atoms. The Morgan fingerprint density at radius 3 is 2.65 bits per heavy atom. The van der Waals surface area contributed by atoms with E-state index in [2.05, 4.69) is 67.0 Å². The quantitative estimate of drug-likeness (QED) is 0.300. The van der Waals surface area contributed by atoms with Crippen LogP contribution in [0.2, 0.25) is 0 Å². The molecule has 2 aromatic heterocycles. The largest absolute Gasteiger partial charge is 0.356 e. The van der Waals surface area contributed by atoms with Crippen LogP contribution < -0.4 is 15.5 Å². The standard InChI is InChI=1S/C23H29N7.HI/c1-18-6-3-9-22(27-18)29-14-10-20(11-15-29)28-23(24-2)25-17-19-7-4-8-21(16-19)30-13-5-12-26-30;/h3-9,12-13,16,20H,10-11,14-15,17H2,1-2H3,(H2,24,25,28);1H. The van der Waals surface area contributed by atoms with Crippen molar-refractivity contribution in [3.63, 3.8) is 0 Å². The fourth-order valence-electron chi connectivity index (χ4n) is 3.76. The molecule has 1 saturated heterocycles. The van der Waals surface area contributed by atoms with Gasteiger partial charge in [0.15, 0.2) is 5.96 Å². The maximum Gasteiger partial charge on any atom is 0.191 e. The number of benzene rings is 1. The molecule has 2 N–H and O–H groups in total. The zero-order valence-corrected chi connectivity index (χ0v) is 20.4. The van der Waals surface area contributed by atoms with Gasteiger partial charge in [-0.2, -0.15) is 5.10 Å². The van der Waals surface area contributed by atoms with Crippen LogP contribution in [0.3, 0.4) is 0 Å². The SMILES string of the molecule is CN=C(NCc1cccc(-n2cccn2)c1)NC1CCN(c2cccc(C)n2)CC1.I. The maximum absolute atomic E-state index is 4.65. The van der Waals surface area contributed by atoms with Crippen LogP contribution in [0.5, 0.6) is 0 Å². The van der Waals surface area contributed by atoms with Crippen molar-refractivity contribution < 1.29 is 0 Å². The summed E-state index contributed by atoms with van der Waals surface area (Å²) < 4.78 is 1.87. The van der Waals surface area contributed by atoms with Crippen LogP contribution in [0.15, 0.2) is 65.9 Å². The fourth-order valence-corrected chi connectivity index (χ4v) is 3.76. The lowest BCUT2D eigenvalue weighted by Crippen LogP contribution is -2.48. The van der Waals surface area contributed by atoms with E-state index in [1.807, 2.05) is 37.0 Å². The molecule has 3 aromatic rings. The lowest BCUT2D eigenvalue weighted by Gasteiger charge is -2.34. The average molecular weight is 531 g/mol. The minimum absolute atomic E-state index is 0. The van der Waals surface area contributed by atoms with Gasteiger partial charge in [0.1, 0.15) is 5.82 Å². The number of hydrogen-bond donors (Lipinski definition) is 2.